The molecule has 2 atom stereocenters. The van der Waals surface area contributed by atoms with E-state index in [4.69, 9.17) is 5.11 Å². The first kappa shape index (κ1) is 16.3. The van der Waals surface area contributed by atoms with E-state index >= 15 is 0 Å². The highest BCUT2D eigenvalue weighted by atomic mass is 32.2. The summed E-state index contributed by atoms with van der Waals surface area (Å²) in [5, 5.41) is 9.06. The number of hydrogen-bond acceptors (Lipinski definition) is 3. The van der Waals surface area contributed by atoms with Gasteiger partial charge in [0.2, 0.25) is 10.0 Å². The summed E-state index contributed by atoms with van der Waals surface area (Å²) in [6.07, 6.45) is 2.02. The number of sulfonamides is 1. The molecular formula is C14H19F2NO3S. The van der Waals surface area contributed by atoms with Crippen molar-refractivity contribution in [3.63, 3.8) is 0 Å². The predicted octanol–water partition coefficient (Wildman–Crippen LogP) is 2.41. The van der Waals surface area contributed by atoms with Crippen LogP contribution in [0.2, 0.25) is 0 Å². The standard InChI is InChI=1S/C14H19F2NO3S/c1-3-11-5-4-9(2)17(11)21(19,20)13-7-10(8-18)6-12(15)14(13)16/h6-7,9,11,18H,3-5,8H2,1-2H3. The lowest BCUT2D eigenvalue weighted by Crippen LogP contribution is -2.40. The van der Waals surface area contributed by atoms with Crippen molar-refractivity contribution >= 4 is 10.0 Å². The van der Waals surface area contributed by atoms with Gasteiger partial charge in [-0.05, 0) is 43.9 Å². The van der Waals surface area contributed by atoms with Crippen LogP contribution in [0.15, 0.2) is 17.0 Å². The topological polar surface area (TPSA) is 57.6 Å². The number of aliphatic hydroxyl groups excluding tert-OH is 1. The van der Waals surface area contributed by atoms with Crippen LogP contribution in [0.1, 0.15) is 38.7 Å². The minimum atomic E-state index is -4.13. The Morgan fingerprint density at radius 2 is 2.00 bits per heavy atom. The second kappa shape index (κ2) is 5.98. The fourth-order valence-corrected chi connectivity index (χ4v) is 4.95. The van der Waals surface area contributed by atoms with Crippen LogP contribution in [0.3, 0.4) is 0 Å². The lowest BCUT2D eigenvalue weighted by Gasteiger charge is -2.27. The van der Waals surface area contributed by atoms with Gasteiger partial charge in [0.1, 0.15) is 4.90 Å². The molecule has 1 aromatic carbocycles. The summed E-state index contributed by atoms with van der Waals surface area (Å²) < 4.78 is 54.2. The molecule has 118 valence electrons. The average molecular weight is 319 g/mol. The molecule has 0 spiro atoms. The van der Waals surface area contributed by atoms with Gasteiger partial charge in [-0.2, -0.15) is 4.31 Å². The van der Waals surface area contributed by atoms with Crippen LogP contribution in [0, 0.1) is 11.6 Å². The Hall–Kier alpha value is -1.05. The maximum Gasteiger partial charge on any atom is 0.246 e. The molecule has 1 aliphatic heterocycles. The molecule has 0 aromatic heterocycles. The third kappa shape index (κ3) is 2.82. The molecule has 7 heteroatoms. The molecule has 1 fully saturated rings. The van der Waals surface area contributed by atoms with Crippen molar-refractivity contribution in [3.8, 4) is 0 Å². The van der Waals surface area contributed by atoms with Crippen LogP contribution in [0.4, 0.5) is 8.78 Å². The highest BCUT2D eigenvalue weighted by Crippen LogP contribution is 2.34. The van der Waals surface area contributed by atoms with Gasteiger partial charge in [0.05, 0.1) is 6.61 Å². The minimum Gasteiger partial charge on any atom is -0.392 e. The zero-order valence-electron chi connectivity index (χ0n) is 12.0. The van der Waals surface area contributed by atoms with Gasteiger partial charge in [0.25, 0.3) is 0 Å². The third-order valence-corrected chi connectivity index (χ3v) is 6.04. The van der Waals surface area contributed by atoms with Gasteiger partial charge in [0.15, 0.2) is 11.6 Å². The molecule has 4 nitrogen and oxygen atoms in total. The van der Waals surface area contributed by atoms with E-state index in [1.165, 1.54) is 4.31 Å². The average Bonchev–Trinajstić information content (AvgIpc) is 2.83. The summed E-state index contributed by atoms with van der Waals surface area (Å²) in [5.41, 5.74) is 0.0346. The maximum atomic E-state index is 14.0. The van der Waals surface area contributed by atoms with Crippen molar-refractivity contribution in [1.82, 2.24) is 4.31 Å². The summed E-state index contributed by atoms with van der Waals surface area (Å²) >= 11 is 0. The molecule has 2 rings (SSSR count). The molecule has 1 saturated heterocycles. The Labute approximate surface area is 123 Å². The monoisotopic (exact) mass is 319 g/mol. The number of nitrogens with zero attached hydrogens (tertiary/aromatic N) is 1. The van der Waals surface area contributed by atoms with Crippen LogP contribution >= 0.6 is 0 Å². The Bertz CT molecular complexity index is 633. The van der Waals surface area contributed by atoms with Crippen molar-refractivity contribution in [2.75, 3.05) is 0 Å². The molecule has 2 unspecified atom stereocenters. The summed E-state index contributed by atoms with van der Waals surface area (Å²) in [6.45, 7) is 3.08. The first-order valence-electron chi connectivity index (χ1n) is 6.95. The first-order chi connectivity index (χ1) is 9.82. The second-order valence-electron chi connectivity index (χ2n) is 5.37. The van der Waals surface area contributed by atoms with E-state index in [0.717, 1.165) is 12.1 Å². The van der Waals surface area contributed by atoms with Gasteiger partial charge < -0.3 is 5.11 Å². The number of hydrogen-bond donors (Lipinski definition) is 1. The zero-order valence-corrected chi connectivity index (χ0v) is 12.8. The second-order valence-corrected chi connectivity index (χ2v) is 7.18. The van der Waals surface area contributed by atoms with E-state index in [1.54, 1.807) is 6.92 Å². The zero-order chi connectivity index (χ0) is 15.8. The van der Waals surface area contributed by atoms with Crippen molar-refractivity contribution in [2.45, 2.75) is 56.7 Å². The summed E-state index contributed by atoms with van der Waals surface area (Å²) in [6, 6.07) is 1.36. The molecule has 1 aliphatic rings. The highest BCUT2D eigenvalue weighted by molar-refractivity contribution is 7.89. The lowest BCUT2D eigenvalue weighted by molar-refractivity contribution is 0.280. The molecular weight excluding hydrogens is 300 g/mol. The SMILES string of the molecule is CCC1CCC(C)N1S(=O)(=O)c1cc(CO)cc(F)c1F. The van der Waals surface area contributed by atoms with Crippen LogP contribution < -0.4 is 0 Å². The molecule has 1 N–H and O–H groups in total. The van der Waals surface area contributed by atoms with Crippen molar-refractivity contribution < 1.29 is 22.3 Å². The van der Waals surface area contributed by atoms with E-state index in [-0.39, 0.29) is 17.6 Å². The third-order valence-electron chi connectivity index (χ3n) is 3.98. The molecule has 0 radical (unpaired) electrons. The van der Waals surface area contributed by atoms with E-state index in [1.807, 2.05) is 6.92 Å². The van der Waals surface area contributed by atoms with E-state index < -0.39 is 33.2 Å². The summed E-state index contributed by atoms with van der Waals surface area (Å²) in [7, 11) is -4.13. The van der Waals surface area contributed by atoms with Gasteiger partial charge in [-0.15, -0.1) is 0 Å². The number of benzene rings is 1. The van der Waals surface area contributed by atoms with Gasteiger partial charge in [-0.3, -0.25) is 0 Å². The number of rotatable bonds is 4. The lowest BCUT2D eigenvalue weighted by atomic mass is 10.2. The normalized spacial score (nSPS) is 23.7. The highest BCUT2D eigenvalue weighted by Gasteiger charge is 2.40. The molecule has 1 aromatic rings. The van der Waals surface area contributed by atoms with Gasteiger partial charge >= 0.3 is 0 Å². The van der Waals surface area contributed by atoms with Crippen LogP contribution in [0.5, 0.6) is 0 Å². The Kier molecular flexibility index (Phi) is 4.65. The molecule has 0 saturated carbocycles. The summed E-state index contributed by atoms with van der Waals surface area (Å²) in [5.74, 6) is -2.65. The Morgan fingerprint density at radius 3 is 2.57 bits per heavy atom. The van der Waals surface area contributed by atoms with Crippen molar-refractivity contribution in [3.05, 3.63) is 29.3 Å². The first-order valence-corrected chi connectivity index (χ1v) is 8.39. The van der Waals surface area contributed by atoms with Crippen LogP contribution in [-0.2, 0) is 16.6 Å². The maximum absolute atomic E-state index is 14.0. The number of halogens is 2. The van der Waals surface area contributed by atoms with Crippen molar-refractivity contribution in [2.24, 2.45) is 0 Å². The number of aliphatic hydroxyl groups is 1. The summed E-state index contributed by atoms with van der Waals surface area (Å²) in [4.78, 5) is -0.696. The van der Waals surface area contributed by atoms with E-state index in [0.29, 0.717) is 19.3 Å². The van der Waals surface area contributed by atoms with Crippen molar-refractivity contribution in [1.29, 1.82) is 0 Å². The van der Waals surface area contributed by atoms with Gasteiger partial charge in [0, 0.05) is 12.1 Å². The fraction of sp³-hybridized carbons (Fsp3) is 0.571. The quantitative estimate of drug-likeness (QED) is 0.927. The predicted molar refractivity (Wildman–Crippen MR) is 74.1 cm³/mol. The smallest absolute Gasteiger partial charge is 0.246 e. The fourth-order valence-electron chi connectivity index (χ4n) is 2.87. The molecule has 1 heterocycles. The molecule has 21 heavy (non-hydrogen) atoms. The largest absolute Gasteiger partial charge is 0.392 e. The molecule has 0 amide bonds. The molecule has 0 aliphatic carbocycles. The van der Waals surface area contributed by atoms with E-state index in [9.17, 15) is 17.2 Å². The van der Waals surface area contributed by atoms with E-state index in [2.05, 4.69) is 0 Å². The Morgan fingerprint density at radius 1 is 1.33 bits per heavy atom. The van der Waals surface area contributed by atoms with Crippen LogP contribution in [-0.4, -0.2) is 29.9 Å². The van der Waals surface area contributed by atoms with Gasteiger partial charge in [-0.1, -0.05) is 6.92 Å². The van der Waals surface area contributed by atoms with Gasteiger partial charge in [-0.25, -0.2) is 17.2 Å². The Balaban J connectivity index is 2.56. The van der Waals surface area contributed by atoms with Crippen LogP contribution in [0.25, 0.3) is 0 Å². The molecule has 0 bridgehead atoms. The minimum absolute atomic E-state index is 0.0346.